The maximum absolute atomic E-state index is 5.61. The van der Waals surface area contributed by atoms with Gasteiger partial charge in [-0.05, 0) is 6.42 Å². The van der Waals surface area contributed by atoms with Crippen LogP contribution >= 0.6 is 0 Å². The molecule has 2 atom stereocenters. The van der Waals surface area contributed by atoms with Crippen LogP contribution in [0.4, 0.5) is 0 Å². The first kappa shape index (κ1) is 6.78. The zero-order valence-corrected chi connectivity index (χ0v) is 5.71. The second kappa shape index (κ2) is 2.99. The van der Waals surface area contributed by atoms with E-state index in [2.05, 4.69) is 6.08 Å². The average Bonchev–Trinajstić information content (AvgIpc) is 2.17. The molecule has 0 heterocycles. The quantitative estimate of drug-likeness (QED) is 0.549. The molecule has 0 spiro atoms. The lowest BCUT2D eigenvalue weighted by Crippen LogP contribution is -2.16. The number of nitrogens with two attached hydrogens (primary N) is 1. The largest absolute Gasteiger partial charge is 0.384 e. The molecule has 0 saturated carbocycles. The molecule has 2 unspecified atom stereocenters. The molecule has 52 valence electrons. The molecule has 0 fully saturated rings. The fraction of sp³-hybridized carbons (Fsp3) is 0.714. The maximum atomic E-state index is 5.61. The fourth-order valence-electron chi connectivity index (χ4n) is 1.14. The third kappa shape index (κ3) is 1.80. The molecule has 0 saturated heterocycles. The van der Waals surface area contributed by atoms with Crippen LogP contribution in [-0.4, -0.2) is 19.8 Å². The first-order valence-electron chi connectivity index (χ1n) is 3.26. The molecule has 1 aliphatic carbocycles. The van der Waals surface area contributed by atoms with Crippen molar-refractivity contribution < 1.29 is 4.74 Å². The Bertz CT molecular complexity index is 111. The Balaban J connectivity index is 2.24. The van der Waals surface area contributed by atoms with E-state index in [1.165, 1.54) is 0 Å². The molecule has 0 radical (unpaired) electrons. The van der Waals surface area contributed by atoms with E-state index in [1.54, 1.807) is 7.11 Å². The normalized spacial score (nSPS) is 33.6. The Morgan fingerprint density at radius 1 is 1.67 bits per heavy atom. The molecule has 2 heteroatoms. The molecule has 1 rings (SSSR count). The molecule has 0 amide bonds. The predicted molar refractivity (Wildman–Crippen MR) is 37.1 cm³/mol. The predicted octanol–water partition coefficient (Wildman–Crippen LogP) is 0.536. The SMILES string of the molecule is COCC1C=CC(N)C1. The number of ether oxygens (including phenoxy) is 1. The summed E-state index contributed by atoms with van der Waals surface area (Å²) in [6, 6.07) is 0.269. The number of rotatable bonds is 2. The molecule has 0 aromatic heterocycles. The molecule has 2 N–H and O–H groups in total. The van der Waals surface area contributed by atoms with E-state index in [0.717, 1.165) is 13.0 Å². The van der Waals surface area contributed by atoms with Crippen molar-refractivity contribution in [1.82, 2.24) is 0 Å². The minimum Gasteiger partial charge on any atom is -0.384 e. The molecule has 0 aliphatic heterocycles. The second-order valence-corrected chi connectivity index (χ2v) is 2.50. The monoisotopic (exact) mass is 127 g/mol. The molecule has 0 bridgehead atoms. The average molecular weight is 127 g/mol. The number of hydrogen-bond donors (Lipinski definition) is 1. The van der Waals surface area contributed by atoms with E-state index < -0.39 is 0 Å². The molecule has 0 aromatic carbocycles. The summed E-state index contributed by atoms with van der Waals surface area (Å²) < 4.78 is 4.97. The summed E-state index contributed by atoms with van der Waals surface area (Å²) in [6.45, 7) is 0.810. The third-order valence-corrected chi connectivity index (χ3v) is 1.59. The van der Waals surface area contributed by atoms with Gasteiger partial charge in [0.15, 0.2) is 0 Å². The summed E-state index contributed by atoms with van der Waals surface area (Å²) in [5.74, 6) is 0.560. The Morgan fingerprint density at radius 2 is 2.44 bits per heavy atom. The highest BCUT2D eigenvalue weighted by molar-refractivity contribution is 5.04. The van der Waals surface area contributed by atoms with E-state index in [1.807, 2.05) is 6.08 Å². The minimum atomic E-state index is 0.269. The Labute approximate surface area is 55.7 Å². The van der Waals surface area contributed by atoms with Crippen molar-refractivity contribution in [2.75, 3.05) is 13.7 Å². The second-order valence-electron chi connectivity index (χ2n) is 2.50. The molecule has 2 nitrogen and oxygen atoms in total. The first-order chi connectivity index (χ1) is 4.33. The summed E-state index contributed by atoms with van der Waals surface area (Å²) in [6.07, 6.45) is 5.23. The summed E-state index contributed by atoms with van der Waals surface area (Å²) in [5, 5.41) is 0. The van der Waals surface area contributed by atoms with Gasteiger partial charge in [-0.25, -0.2) is 0 Å². The van der Waals surface area contributed by atoms with Gasteiger partial charge >= 0.3 is 0 Å². The van der Waals surface area contributed by atoms with Crippen LogP contribution < -0.4 is 5.73 Å². The maximum Gasteiger partial charge on any atom is 0.0525 e. The highest BCUT2D eigenvalue weighted by Gasteiger charge is 2.14. The van der Waals surface area contributed by atoms with Crippen molar-refractivity contribution in [1.29, 1.82) is 0 Å². The van der Waals surface area contributed by atoms with E-state index in [4.69, 9.17) is 10.5 Å². The molecular formula is C7H13NO. The smallest absolute Gasteiger partial charge is 0.0525 e. The highest BCUT2D eigenvalue weighted by Crippen LogP contribution is 2.15. The standard InChI is InChI=1S/C7H13NO/c1-9-5-6-2-3-7(8)4-6/h2-3,6-7H,4-5,8H2,1H3. The first-order valence-corrected chi connectivity index (χ1v) is 3.26. The van der Waals surface area contributed by atoms with Crippen molar-refractivity contribution in [3.63, 3.8) is 0 Å². The zero-order valence-electron chi connectivity index (χ0n) is 5.71. The van der Waals surface area contributed by atoms with Crippen molar-refractivity contribution >= 4 is 0 Å². The highest BCUT2D eigenvalue weighted by atomic mass is 16.5. The third-order valence-electron chi connectivity index (χ3n) is 1.59. The zero-order chi connectivity index (χ0) is 6.69. The topological polar surface area (TPSA) is 35.2 Å². The lowest BCUT2D eigenvalue weighted by Gasteiger charge is -2.05. The summed E-state index contributed by atoms with van der Waals surface area (Å²) >= 11 is 0. The van der Waals surface area contributed by atoms with Crippen LogP contribution in [0.15, 0.2) is 12.2 Å². The van der Waals surface area contributed by atoms with Gasteiger partial charge in [-0.1, -0.05) is 12.2 Å². The summed E-state index contributed by atoms with van der Waals surface area (Å²) in [7, 11) is 1.72. The van der Waals surface area contributed by atoms with Crippen LogP contribution in [0.3, 0.4) is 0 Å². The van der Waals surface area contributed by atoms with Gasteiger partial charge in [-0.2, -0.15) is 0 Å². The molecular weight excluding hydrogens is 114 g/mol. The van der Waals surface area contributed by atoms with Crippen molar-refractivity contribution in [3.8, 4) is 0 Å². The van der Waals surface area contributed by atoms with Crippen molar-refractivity contribution in [2.45, 2.75) is 12.5 Å². The van der Waals surface area contributed by atoms with Crippen LogP contribution in [0.1, 0.15) is 6.42 Å². The van der Waals surface area contributed by atoms with Gasteiger partial charge in [-0.3, -0.25) is 0 Å². The summed E-state index contributed by atoms with van der Waals surface area (Å²) in [5.41, 5.74) is 5.61. The van der Waals surface area contributed by atoms with Crippen LogP contribution in [0.2, 0.25) is 0 Å². The van der Waals surface area contributed by atoms with Gasteiger partial charge in [0.2, 0.25) is 0 Å². The van der Waals surface area contributed by atoms with Crippen LogP contribution in [0.5, 0.6) is 0 Å². The van der Waals surface area contributed by atoms with E-state index in [0.29, 0.717) is 5.92 Å². The van der Waals surface area contributed by atoms with E-state index in [9.17, 15) is 0 Å². The van der Waals surface area contributed by atoms with Crippen LogP contribution in [0.25, 0.3) is 0 Å². The van der Waals surface area contributed by atoms with Gasteiger partial charge in [-0.15, -0.1) is 0 Å². The van der Waals surface area contributed by atoms with Gasteiger partial charge in [0, 0.05) is 19.1 Å². The minimum absolute atomic E-state index is 0.269. The van der Waals surface area contributed by atoms with E-state index in [-0.39, 0.29) is 6.04 Å². The number of hydrogen-bond acceptors (Lipinski definition) is 2. The van der Waals surface area contributed by atoms with Gasteiger partial charge in [0.05, 0.1) is 6.61 Å². The fourth-order valence-corrected chi connectivity index (χ4v) is 1.14. The summed E-state index contributed by atoms with van der Waals surface area (Å²) in [4.78, 5) is 0. The number of methoxy groups -OCH3 is 1. The van der Waals surface area contributed by atoms with Gasteiger partial charge in [0.1, 0.15) is 0 Å². The van der Waals surface area contributed by atoms with Crippen molar-refractivity contribution in [2.24, 2.45) is 11.7 Å². The van der Waals surface area contributed by atoms with Crippen molar-refractivity contribution in [3.05, 3.63) is 12.2 Å². The van der Waals surface area contributed by atoms with Crippen LogP contribution in [0, 0.1) is 5.92 Å². The molecule has 9 heavy (non-hydrogen) atoms. The van der Waals surface area contributed by atoms with Crippen LogP contribution in [-0.2, 0) is 4.74 Å². The Kier molecular flexibility index (Phi) is 2.25. The Morgan fingerprint density at radius 3 is 2.89 bits per heavy atom. The van der Waals surface area contributed by atoms with E-state index >= 15 is 0 Å². The van der Waals surface area contributed by atoms with Gasteiger partial charge < -0.3 is 10.5 Å². The molecule has 0 aromatic rings. The lowest BCUT2D eigenvalue weighted by atomic mass is 10.1. The lowest BCUT2D eigenvalue weighted by molar-refractivity contribution is 0.168. The van der Waals surface area contributed by atoms with Gasteiger partial charge in [0.25, 0.3) is 0 Å². The molecule has 1 aliphatic rings. The Hall–Kier alpha value is -0.340.